The van der Waals surface area contributed by atoms with Crippen LogP contribution in [-0.4, -0.2) is 17.3 Å². The molecule has 1 saturated carbocycles. The first kappa shape index (κ1) is 14.5. The molecule has 0 radical (unpaired) electrons. The van der Waals surface area contributed by atoms with Crippen LogP contribution in [0.4, 0.5) is 0 Å². The van der Waals surface area contributed by atoms with Crippen molar-refractivity contribution >= 4 is 26.3 Å². The van der Waals surface area contributed by atoms with Crippen molar-refractivity contribution in [2.45, 2.75) is 45.4 Å². The molecular formula is C17H24ClNS. The standard InChI is InChI=1S/C17H24ClNS/c1-13-10-15-16(20(3)18)7-6-14(2)19(15)12-17(11-13)8-4-5-9-17/h6-7,13H,2-5,8-12H2,1H3/t13-,20?/m0/s1. The molecule has 0 bridgehead atoms. The Hall–Kier alpha value is -0.470. The average Bonchev–Trinajstić information content (AvgIpc) is 2.75. The molecule has 0 aromatic carbocycles. The average molecular weight is 310 g/mol. The van der Waals surface area contributed by atoms with E-state index < -0.39 is 9.70 Å². The van der Waals surface area contributed by atoms with E-state index in [2.05, 4.69) is 36.4 Å². The molecule has 0 N–H and O–H groups in total. The van der Waals surface area contributed by atoms with Gasteiger partial charge in [0.05, 0.1) is 0 Å². The Morgan fingerprint density at radius 1 is 1.35 bits per heavy atom. The van der Waals surface area contributed by atoms with Crippen molar-refractivity contribution in [2.75, 3.05) is 6.54 Å². The summed E-state index contributed by atoms with van der Waals surface area (Å²) in [5, 5.41) is 0. The van der Waals surface area contributed by atoms with Gasteiger partial charge in [0.15, 0.2) is 0 Å². The highest BCUT2D eigenvalue weighted by Crippen LogP contribution is 2.50. The summed E-state index contributed by atoms with van der Waals surface area (Å²) in [6.45, 7) is 7.78. The van der Waals surface area contributed by atoms with Gasteiger partial charge in [0.1, 0.15) is 0 Å². The number of hydrogen-bond acceptors (Lipinski definition) is 1. The monoisotopic (exact) mass is 309 g/mol. The number of allylic oxidation sites excluding steroid dienone is 3. The van der Waals surface area contributed by atoms with Crippen LogP contribution in [0.1, 0.15) is 45.4 Å². The molecule has 0 amide bonds. The third kappa shape index (κ3) is 2.53. The highest BCUT2D eigenvalue weighted by atomic mass is 35.7. The fourth-order valence-corrected chi connectivity index (χ4v) is 5.39. The SMILES string of the molecule is C=C1C=CC(S(=C)Cl)=C2C[C@H](C)CC3(CCCC3)CN12. The third-order valence-electron chi connectivity index (χ3n) is 5.10. The van der Waals surface area contributed by atoms with E-state index in [1.54, 1.807) is 0 Å². The minimum atomic E-state index is -0.439. The molecule has 1 unspecified atom stereocenters. The minimum absolute atomic E-state index is 0.439. The molecular weight excluding hydrogens is 286 g/mol. The zero-order valence-electron chi connectivity index (χ0n) is 12.3. The summed E-state index contributed by atoms with van der Waals surface area (Å²) in [6.07, 6.45) is 12.3. The van der Waals surface area contributed by atoms with Crippen molar-refractivity contribution in [3.05, 3.63) is 35.0 Å². The first-order valence-electron chi connectivity index (χ1n) is 7.59. The minimum Gasteiger partial charge on any atom is -0.344 e. The second kappa shape index (κ2) is 5.38. The Balaban J connectivity index is 2.02. The van der Waals surface area contributed by atoms with E-state index in [0.29, 0.717) is 5.41 Å². The number of rotatable bonds is 1. The molecule has 110 valence electrons. The molecule has 1 nitrogen and oxygen atoms in total. The van der Waals surface area contributed by atoms with Gasteiger partial charge in [-0.1, -0.05) is 41.9 Å². The van der Waals surface area contributed by atoms with Crippen LogP contribution in [0.3, 0.4) is 0 Å². The molecule has 2 fully saturated rings. The summed E-state index contributed by atoms with van der Waals surface area (Å²) in [5.41, 5.74) is 3.03. The van der Waals surface area contributed by atoms with E-state index in [4.69, 9.17) is 10.7 Å². The van der Waals surface area contributed by atoms with Crippen LogP contribution in [0.5, 0.6) is 0 Å². The normalized spacial score (nSPS) is 30.6. The maximum Gasteiger partial charge on any atom is 0.0354 e. The predicted octanol–water partition coefficient (Wildman–Crippen LogP) is 5.43. The second-order valence-electron chi connectivity index (χ2n) is 6.77. The Kier molecular flexibility index (Phi) is 3.89. The highest BCUT2D eigenvalue weighted by Gasteiger charge is 2.41. The van der Waals surface area contributed by atoms with E-state index in [1.165, 1.54) is 42.7 Å². The van der Waals surface area contributed by atoms with Crippen LogP contribution in [0.2, 0.25) is 0 Å². The maximum absolute atomic E-state index is 6.33. The van der Waals surface area contributed by atoms with Crippen LogP contribution in [0, 0.1) is 11.3 Å². The molecule has 1 saturated heterocycles. The van der Waals surface area contributed by atoms with Crippen LogP contribution >= 0.6 is 20.4 Å². The lowest BCUT2D eigenvalue weighted by Gasteiger charge is -2.37. The fraction of sp³-hybridized carbons (Fsp3) is 0.588. The van der Waals surface area contributed by atoms with Crippen molar-refractivity contribution < 1.29 is 0 Å². The Morgan fingerprint density at radius 3 is 2.70 bits per heavy atom. The first-order chi connectivity index (χ1) is 9.51. The van der Waals surface area contributed by atoms with Crippen molar-refractivity contribution in [2.24, 2.45) is 11.3 Å². The van der Waals surface area contributed by atoms with E-state index in [1.807, 2.05) is 0 Å². The van der Waals surface area contributed by atoms with Crippen molar-refractivity contribution in [3.8, 4) is 0 Å². The van der Waals surface area contributed by atoms with Crippen molar-refractivity contribution in [3.63, 3.8) is 0 Å². The third-order valence-corrected chi connectivity index (χ3v) is 6.45. The molecule has 3 heteroatoms. The van der Waals surface area contributed by atoms with E-state index >= 15 is 0 Å². The topological polar surface area (TPSA) is 3.24 Å². The smallest absolute Gasteiger partial charge is 0.0354 e. The summed E-state index contributed by atoms with van der Waals surface area (Å²) in [7, 11) is 5.89. The Morgan fingerprint density at radius 2 is 2.05 bits per heavy atom. The van der Waals surface area contributed by atoms with Gasteiger partial charge in [-0.25, -0.2) is 0 Å². The van der Waals surface area contributed by atoms with E-state index in [9.17, 15) is 0 Å². The zero-order chi connectivity index (χ0) is 14.3. The Labute approximate surface area is 129 Å². The zero-order valence-corrected chi connectivity index (χ0v) is 13.9. The largest absolute Gasteiger partial charge is 0.344 e. The Bertz CT molecular complexity index is 511. The summed E-state index contributed by atoms with van der Waals surface area (Å²) in [6, 6.07) is 0. The molecule has 1 aliphatic carbocycles. The van der Waals surface area contributed by atoms with Gasteiger partial charge in [0.25, 0.3) is 0 Å². The molecule has 0 aromatic heterocycles. The summed E-state index contributed by atoms with van der Waals surface area (Å²) in [5.74, 6) is 4.78. The predicted molar refractivity (Wildman–Crippen MR) is 91.9 cm³/mol. The molecule has 3 rings (SSSR count). The number of hydrogen-bond donors (Lipinski definition) is 0. The second-order valence-corrected chi connectivity index (χ2v) is 8.99. The number of nitrogens with zero attached hydrogens (tertiary/aromatic N) is 1. The summed E-state index contributed by atoms with van der Waals surface area (Å²) in [4.78, 5) is 3.68. The molecule has 3 aliphatic rings. The van der Waals surface area contributed by atoms with Gasteiger partial charge >= 0.3 is 0 Å². The van der Waals surface area contributed by atoms with Gasteiger partial charge in [0.2, 0.25) is 0 Å². The molecule has 2 atom stereocenters. The molecule has 0 aromatic rings. The molecule has 2 heterocycles. The van der Waals surface area contributed by atoms with Crippen molar-refractivity contribution in [1.82, 2.24) is 4.90 Å². The summed E-state index contributed by atoms with van der Waals surface area (Å²) < 4.78 is 0. The van der Waals surface area contributed by atoms with E-state index in [0.717, 1.165) is 24.6 Å². The fourth-order valence-electron chi connectivity index (χ4n) is 4.30. The lowest BCUT2D eigenvalue weighted by molar-refractivity contribution is 0.199. The van der Waals surface area contributed by atoms with E-state index in [-0.39, 0.29) is 0 Å². The molecule has 1 spiro atoms. The van der Waals surface area contributed by atoms with Gasteiger partial charge in [-0.3, -0.25) is 0 Å². The van der Waals surface area contributed by atoms with Gasteiger partial charge in [-0.2, -0.15) is 0 Å². The van der Waals surface area contributed by atoms with Gasteiger partial charge < -0.3 is 4.90 Å². The lowest BCUT2D eigenvalue weighted by Crippen LogP contribution is -2.34. The van der Waals surface area contributed by atoms with Crippen LogP contribution in [0.25, 0.3) is 0 Å². The quantitative estimate of drug-likeness (QED) is 0.584. The van der Waals surface area contributed by atoms with Crippen LogP contribution in [-0.2, 0) is 0 Å². The molecule has 2 aliphatic heterocycles. The molecule has 20 heavy (non-hydrogen) atoms. The van der Waals surface area contributed by atoms with Crippen LogP contribution < -0.4 is 0 Å². The van der Waals surface area contributed by atoms with Gasteiger partial charge in [0, 0.05) is 22.8 Å². The van der Waals surface area contributed by atoms with Gasteiger partial charge in [-0.15, -0.1) is 0 Å². The number of halogens is 1. The maximum atomic E-state index is 6.33. The van der Waals surface area contributed by atoms with Crippen LogP contribution in [0.15, 0.2) is 35.0 Å². The van der Waals surface area contributed by atoms with Crippen molar-refractivity contribution in [1.29, 1.82) is 0 Å². The van der Waals surface area contributed by atoms with Gasteiger partial charge in [-0.05, 0) is 59.9 Å². The number of fused-ring (bicyclic) bond motifs is 1. The lowest BCUT2D eigenvalue weighted by atomic mass is 9.78. The summed E-state index contributed by atoms with van der Waals surface area (Å²) >= 11 is 0. The highest BCUT2D eigenvalue weighted by molar-refractivity contribution is 8.36. The first-order valence-corrected chi connectivity index (χ1v) is 9.81.